The average Bonchev–Trinajstić information content (AvgIpc) is 2.25. The predicted molar refractivity (Wildman–Crippen MR) is 51.3 cm³/mol. The van der Waals surface area contributed by atoms with Crippen LogP contribution in [0.1, 0.15) is 10.4 Å². The second-order valence-corrected chi connectivity index (χ2v) is 2.46. The Hall–Kier alpha value is -2.00. The smallest absolute Gasteiger partial charge is 0.153 e. The van der Waals surface area contributed by atoms with Crippen molar-refractivity contribution in [2.24, 2.45) is 5.11 Å². The summed E-state index contributed by atoms with van der Waals surface area (Å²) in [6.45, 7) is 0.526. The summed E-state index contributed by atoms with van der Waals surface area (Å²) in [7, 11) is 0. The van der Waals surface area contributed by atoms with E-state index in [9.17, 15) is 4.79 Å². The van der Waals surface area contributed by atoms with Gasteiger partial charge in [0.1, 0.15) is 5.75 Å². The van der Waals surface area contributed by atoms with E-state index in [1.165, 1.54) is 0 Å². The molecule has 0 saturated heterocycles. The van der Waals surface area contributed by atoms with Gasteiger partial charge in [-0.3, -0.25) is 4.79 Å². The lowest BCUT2D eigenvalue weighted by Crippen LogP contribution is -2.02. The van der Waals surface area contributed by atoms with Gasteiger partial charge in [0.15, 0.2) is 6.29 Å². The maximum absolute atomic E-state index is 10.6. The van der Waals surface area contributed by atoms with Gasteiger partial charge in [-0.15, -0.1) is 0 Å². The van der Waals surface area contributed by atoms with Crippen molar-refractivity contribution in [1.82, 2.24) is 0 Å². The molecule has 0 unspecified atom stereocenters. The van der Waals surface area contributed by atoms with Crippen molar-refractivity contribution in [3.8, 4) is 5.75 Å². The van der Waals surface area contributed by atoms with Gasteiger partial charge in [0.05, 0.1) is 18.7 Å². The number of hydrogen-bond donors (Lipinski definition) is 0. The van der Waals surface area contributed by atoms with Gasteiger partial charge >= 0.3 is 0 Å². The summed E-state index contributed by atoms with van der Waals surface area (Å²) in [4.78, 5) is 13.1. The molecule has 5 heteroatoms. The number of ether oxygens (including phenoxy) is 1. The number of carbonyl (C=O) groups is 1. The van der Waals surface area contributed by atoms with Crippen LogP contribution in [-0.2, 0) is 0 Å². The number of hydrogen-bond acceptors (Lipinski definition) is 3. The van der Waals surface area contributed by atoms with Crippen molar-refractivity contribution in [1.29, 1.82) is 0 Å². The van der Waals surface area contributed by atoms with Gasteiger partial charge in [0.2, 0.25) is 0 Å². The molecule has 0 spiro atoms. The van der Waals surface area contributed by atoms with Crippen LogP contribution in [0.4, 0.5) is 0 Å². The number of aldehydes is 1. The molecule has 0 aromatic heterocycles. The Bertz CT molecular complexity index is 359. The molecule has 72 valence electrons. The number of rotatable bonds is 5. The highest BCUT2D eigenvalue weighted by atomic mass is 16.5. The first kappa shape index (κ1) is 10.1. The summed E-state index contributed by atoms with van der Waals surface area (Å²) in [5.74, 6) is 0.510. The third kappa shape index (κ3) is 2.80. The van der Waals surface area contributed by atoms with E-state index in [-0.39, 0.29) is 13.2 Å². The fraction of sp³-hybridized carbons (Fsp3) is 0.222. The van der Waals surface area contributed by atoms with E-state index < -0.39 is 0 Å². The lowest BCUT2D eigenvalue weighted by atomic mass is 10.2. The second kappa shape index (κ2) is 5.61. The van der Waals surface area contributed by atoms with Crippen LogP contribution in [0.25, 0.3) is 10.4 Å². The predicted octanol–water partition coefficient (Wildman–Crippen LogP) is 2.19. The number of benzene rings is 1. The van der Waals surface area contributed by atoms with Crippen LogP contribution < -0.4 is 4.74 Å². The number of carbonyl (C=O) groups excluding carboxylic acids is 1. The quantitative estimate of drug-likeness (QED) is 0.235. The summed E-state index contributed by atoms with van der Waals surface area (Å²) < 4.78 is 5.23. The fourth-order valence-corrected chi connectivity index (χ4v) is 0.950. The van der Waals surface area contributed by atoms with Gasteiger partial charge in [0.25, 0.3) is 0 Å². The van der Waals surface area contributed by atoms with Crippen molar-refractivity contribution >= 4 is 6.29 Å². The summed E-state index contributed by atoms with van der Waals surface area (Å²) >= 11 is 0. The topological polar surface area (TPSA) is 75.1 Å². The van der Waals surface area contributed by atoms with Gasteiger partial charge in [0, 0.05) is 4.91 Å². The molecule has 14 heavy (non-hydrogen) atoms. The van der Waals surface area contributed by atoms with Crippen LogP contribution in [-0.4, -0.2) is 19.4 Å². The standard InChI is InChI=1S/C9H9N3O2/c10-12-11-5-6-14-9-4-2-1-3-8(9)7-13/h1-4,7H,5-6H2. The number of nitrogens with zero attached hydrogens (tertiary/aromatic N) is 3. The van der Waals surface area contributed by atoms with E-state index >= 15 is 0 Å². The Morgan fingerprint density at radius 2 is 2.29 bits per heavy atom. The summed E-state index contributed by atoms with van der Waals surface area (Å²) in [5.41, 5.74) is 8.50. The molecule has 0 atom stereocenters. The summed E-state index contributed by atoms with van der Waals surface area (Å²) in [6, 6.07) is 6.88. The molecule has 0 saturated carbocycles. The average molecular weight is 191 g/mol. The summed E-state index contributed by atoms with van der Waals surface area (Å²) in [6.07, 6.45) is 0.725. The molecule has 0 amide bonds. The molecule has 0 aliphatic carbocycles. The van der Waals surface area contributed by atoms with Crippen LogP contribution in [0, 0.1) is 0 Å². The molecule has 1 rings (SSSR count). The van der Waals surface area contributed by atoms with E-state index in [1.807, 2.05) is 0 Å². The minimum Gasteiger partial charge on any atom is -0.493 e. The van der Waals surface area contributed by atoms with Crippen LogP contribution in [0.5, 0.6) is 5.75 Å². The number of azide groups is 1. The van der Waals surface area contributed by atoms with Gasteiger partial charge in [-0.2, -0.15) is 0 Å². The molecule has 0 aliphatic rings. The molecular formula is C9H9N3O2. The molecule has 1 aromatic carbocycles. The fourth-order valence-electron chi connectivity index (χ4n) is 0.950. The highest BCUT2D eigenvalue weighted by molar-refractivity contribution is 5.79. The molecular weight excluding hydrogens is 182 g/mol. The number of para-hydroxylation sites is 1. The normalized spacial score (nSPS) is 8.86. The molecule has 0 N–H and O–H groups in total. The Morgan fingerprint density at radius 3 is 3.00 bits per heavy atom. The van der Waals surface area contributed by atoms with E-state index in [2.05, 4.69) is 10.0 Å². The van der Waals surface area contributed by atoms with E-state index in [0.29, 0.717) is 11.3 Å². The zero-order chi connectivity index (χ0) is 10.2. The Balaban J connectivity index is 2.57. The minimum absolute atomic E-state index is 0.254. The monoisotopic (exact) mass is 191 g/mol. The Labute approximate surface area is 80.9 Å². The van der Waals surface area contributed by atoms with Gasteiger partial charge in [-0.25, -0.2) is 0 Å². The van der Waals surface area contributed by atoms with Crippen LogP contribution >= 0.6 is 0 Å². The van der Waals surface area contributed by atoms with E-state index in [4.69, 9.17) is 10.3 Å². The Kier molecular flexibility index (Phi) is 4.04. The zero-order valence-electron chi connectivity index (χ0n) is 7.46. The lowest BCUT2D eigenvalue weighted by Gasteiger charge is -2.05. The van der Waals surface area contributed by atoms with E-state index in [1.54, 1.807) is 24.3 Å². The molecule has 0 bridgehead atoms. The minimum atomic E-state index is 0.254. The molecule has 0 fully saturated rings. The molecule has 5 nitrogen and oxygen atoms in total. The van der Waals surface area contributed by atoms with Gasteiger partial charge in [-0.05, 0) is 17.7 Å². The molecule has 0 heterocycles. The largest absolute Gasteiger partial charge is 0.493 e. The van der Waals surface area contributed by atoms with Crippen molar-refractivity contribution in [3.05, 3.63) is 40.3 Å². The molecule has 1 aromatic rings. The van der Waals surface area contributed by atoms with Crippen molar-refractivity contribution < 1.29 is 9.53 Å². The third-order valence-electron chi connectivity index (χ3n) is 1.56. The zero-order valence-corrected chi connectivity index (χ0v) is 7.46. The highest BCUT2D eigenvalue weighted by Crippen LogP contribution is 2.15. The first-order chi connectivity index (χ1) is 6.88. The van der Waals surface area contributed by atoms with E-state index in [0.717, 1.165) is 6.29 Å². The molecule has 0 aliphatic heterocycles. The van der Waals surface area contributed by atoms with Gasteiger partial charge < -0.3 is 4.74 Å². The van der Waals surface area contributed by atoms with Crippen molar-refractivity contribution in [2.45, 2.75) is 0 Å². The third-order valence-corrected chi connectivity index (χ3v) is 1.56. The van der Waals surface area contributed by atoms with Crippen molar-refractivity contribution in [3.63, 3.8) is 0 Å². The summed E-state index contributed by atoms with van der Waals surface area (Å²) in [5, 5.41) is 3.31. The lowest BCUT2D eigenvalue weighted by molar-refractivity contribution is 0.111. The van der Waals surface area contributed by atoms with Crippen LogP contribution in [0.2, 0.25) is 0 Å². The first-order valence-electron chi connectivity index (χ1n) is 4.06. The van der Waals surface area contributed by atoms with Crippen LogP contribution in [0.3, 0.4) is 0 Å². The van der Waals surface area contributed by atoms with Crippen molar-refractivity contribution in [2.75, 3.05) is 13.2 Å². The highest BCUT2D eigenvalue weighted by Gasteiger charge is 1.99. The SMILES string of the molecule is [N-]=[N+]=NCCOc1ccccc1C=O. The second-order valence-electron chi connectivity index (χ2n) is 2.46. The molecule has 0 radical (unpaired) electrons. The maximum Gasteiger partial charge on any atom is 0.153 e. The van der Waals surface area contributed by atoms with Crippen LogP contribution in [0.15, 0.2) is 29.4 Å². The Morgan fingerprint density at radius 1 is 1.50 bits per heavy atom. The maximum atomic E-state index is 10.6. The van der Waals surface area contributed by atoms with Gasteiger partial charge in [-0.1, -0.05) is 17.2 Å². The first-order valence-corrected chi connectivity index (χ1v) is 4.06.